The number of nitrogens with zero attached hydrogens (tertiary/aromatic N) is 1. The Labute approximate surface area is 160 Å². The van der Waals surface area contributed by atoms with Gasteiger partial charge in [-0.15, -0.1) is 0 Å². The van der Waals surface area contributed by atoms with Crippen LogP contribution in [-0.2, 0) is 0 Å². The fraction of sp³-hybridized carbons (Fsp3) is 0.250. The number of anilines is 1. The van der Waals surface area contributed by atoms with E-state index in [-0.39, 0.29) is 11.8 Å². The molecule has 0 N–H and O–H groups in total. The van der Waals surface area contributed by atoms with Crippen LogP contribution in [0, 0.1) is 0 Å². The molecular weight excluding hydrogens is 334 g/mol. The van der Waals surface area contributed by atoms with Crippen molar-refractivity contribution in [1.82, 2.24) is 0 Å². The predicted molar refractivity (Wildman–Crippen MR) is 109 cm³/mol. The first-order chi connectivity index (χ1) is 13.1. The van der Waals surface area contributed by atoms with E-state index < -0.39 is 0 Å². The maximum atomic E-state index is 5.88. The molecule has 0 spiro atoms. The van der Waals surface area contributed by atoms with Crippen LogP contribution < -0.4 is 14.4 Å². The molecule has 0 saturated carbocycles. The minimum Gasteiger partial charge on any atom is -0.497 e. The van der Waals surface area contributed by atoms with Crippen LogP contribution in [0.25, 0.3) is 0 Å². The van der Waals surface area contributed by atoms with Gasteiger partial charge in [0.1, 0.15) is 11.5 Å². The molecule has 2 atom stereocenters. The highest BCUT2D eigenvalue weighted by atomic mass is 16.5. The SMILES string of the molecule is COc1ccc2c(c1)C1c3ccccc3C2c2c(OC)cc(N(C)C)cc21. The van der Waals surface area contributed by atoms with Gasteiger partial charge in [-0.2, -0.15) is 0 Å². The minimum absolute atomic E-state index is 0.202. The van der Waals surface area contributed by atoms with Gasteiger partial charge in [-0.05, 0) is 46.0 Å². The molecule has 0 saturated heterocycles. The summed E-state index contributed by atoms with van der Waals surface area (Å²) in [7, 11) is 7.66. The molecular formula is C24H23NO2. The summed E-state index contributed by atoms with van der Waals surface area (Å²) in [5, 5.41) is 0. The Morgan fingerprint density at radius 3 is 2.07 bits per heavy atom. The predicted octanol–water partition coefficient (Wildman–Crippen LogP) is 4.76. The molecule has 6 rings (SSSR count). The smallest absolute Gasteiger partial charge is 0.125 e. The van der Waals surface area contributed by atoms with Crippen LogP contribution in [0.15, 0.2) is 54.6 Å². The number of ether oxygens (including phenoxy) is 2. The zero-order valence-corrected chi connectivity index (χ0v) is 16.1. The van der Waals surface area contributed by atoms with Crippen LogP contribution in [0.5, 0.6) is 11.5 Å². The molecule has 3 aliphatic rings. The lowest BCUT2D eigenvalue weighted by atomic mass is 9.61. The van der Waals surface area contributed by atoms with E-state index in [0.29, 0.717) is 0 Å². The van der Waals surface area contributed by atoms with Crippen LogP contribution >= 0.6 is 0 Å². The largest absolute Gasteiger partial charge is 0.497 e. The Kier molecular flexibility index (Phi) is 3.48. The summed E-state index contributed by atoms with van der Waals surface area (Å²) in [5.41, 5.74) is 9.33. The third kappa shape index (κ3) is 2.14. The van der Waals surface area contributed by atoms with E-state index in [9.17, 15) is 0 Å². The lowest BCUT2D eigenvalue weighted by Gasteiger charge is -2.43. The third-order valence-electron chi connectivity index (χ3n) is 6.03. The normalized spacial score (nSPS) is 18.4. The number of hydrogen-bond donors (Lipinski definition) is 0. The fourth-order valence-electron chi connectivity index (χ4n) is 4.82. The maximum absolute atomic E-state index is 5.88. The summed E-state index contributed by atoms with van der Waals surface area (Å²) in [6.07, 6.45) is 0. The van der Waals surface area contributed by atoms with E-state index in [1.165, 1.54) is 39.1 Å². The van der Waals surface area contributed by atoms with Gasteiger partial charge in [-0.3, -0.25) is 0 Å². The number of benzene rings is 3. The van der Waals surface area contributed by atoms with Crippen molar-refractivity contribution >= 4 is 5.69 Å². The standard InChI is InChI=1S/C24H23NO2/c1-25(2)14-11-20-22-16-7-5-6-8-17(16)23(24(20)21(12-14)27-4)18-10-9-15(26-3)13-19(18)22/h5-13,22-23H,1-4H3. The van der Waals surface area contributed by atoms with E-state index in [1.54, 1.807) is 14.2 Å². The Morgan fingerprint density at radius 1 is 0.704 bits per heavy atom. The molecule has 0 fully saturated rings. The van der Waals surface area contributed by atoms with Crippen LogP contribution in [0.1, 0.15) is 45.2 Å². The van der Waals surface area contributed by atoms with Crippen LogP contribution in [-0.4, -0.2) is 28.3 Å². The van der Waals surface area contributed by atoms with Gasteiger partial charge in [0.2, 0.25) is 0 Å². The van der Waals surface area contributed by atoms with Crippen molar-refractivity contribution in [2.75, 3.05) is 33.2 Å². The van der Waals surface area contributed by atoms with E-state index in [0.717, 1.165) is 11.5 Å². The Balaban J connectivity index is 1.86. The number of hydrogen-bond acceptors (Lipinski definition) is 3. The molecule has 0 amide bonds. The lowest BCUT2D eigenvalue weighted by molar-refractivity contribution is 0.405. The Morgan fingerprint density at radius 2 is 1.41 bits per heavy atom. The minimum atomic E-state index is 0.202. The molecule has 136 valence electrons. The quantitative estimate of drug-likeness (QED) is 0.465. The van der Waals surface area contributed by atoms with Crippen molar-refractivity contribution in [2.45, 2.75) is 11.8 Å². The van der Waals surface area contributed by atoms with Gasteiger partial charge < -0.3 is 14.4 Å². The van der Waals surface area contributed by atoms with Crippen molar-refractivity contribution in [3.05, 3.63) is 88.0 Å². The van der Waals surface area contributed by atoms with Gasteiger partial charge in [0.15, 0.2) is 0 Å². The highest BCUT2D eigenvalue weighted by Gasteiger charge is 2.43. The highest BCUT2D eigenvalue weighted by Crippen LogP contribution is 2.58. The van der Waals surface area contributed by atoms with Gasteiger partial charge in [-0.25, -0.2) is 0 Å². The second-order valence-electron chi connectivity index (χ2n) is 7.54. The first-order valence-electron chi connectivity index (χ1n) is 9.29. The van der Waals surface area contributed by atoms with Gasteiger partial charge in [0.25, 0.3) is 0 Å². The van der Waals surface area contributed by atoms with Crippen molar-refractivity contribution in [3.63, 3.8) is 0 Å². The average molecular weight is 357 g/mol. The molecule has 0 radical (unpaired) electrons. The Hall–Kier alpha value is -2.94. The molecule has 3 heteroatoms. The fourth-order valence-corrected chi connectivity index (χ4v) is 4.82. The number of methoxy groups -OCH3 is 2. The van der Waals surface area contributed by atoms with Gasteiger partial charge in [0, 0.05) is 43.2 Å². The lowest BCUT2D eigenvalue weighted by Crippen LogP contribution is -2.28. The summed E-state index contributed by atoms with van der Waals surface area (Å²) in [5.74, 6) is 2.30. The molecule has 2 bridgehead atoms. The molecule has 0 heterocycles. The zero-order valence-electron chi connectivity index (χ0n) is 16.1. The average Bonchev–Trinajstić information content (AvgIpc) is 2.71. The molecule has 2 unspecified atom stereocenters. The summed E-state index contributed by atoms with van der Waals surface area (Å²) >= 11 is 0. The molecule has 3 aliphatic carbocycles. The van der Waals surface area contributed by atoms with E-state index >= 15 is 0 Å². The molecule has 27 heavy (non-hydrogen) atoms. The van der Waals surface area contributed by atoms with Crippen molar-refractivity contribution in [1.29, 1.82) is 0 Å². The van der Waals surface area contributed by atoms with Gasteiger partial charge in [0.05, 0.1) is 14.2 Å². The first kappa shape index (κ1) is 16.2. The molecule has 0 aliphatic heterocycles. The number of rotatable bonds is 3. The summed E-state index contributed by atoms with van der Waals surface area (Å²) in [6, 6.07) is 19.8. The Bertz CT molecular complexity index is 1050. The van der Waals surface area contributed by atoms with Crippen molar-refractivity contribution in [3.8, 4) is 11.5 Å². The first-order valence-corrected chi connectivity index (χ1v) is 9.29. The highest BCUT2D eigenvalue weighted by molar-refractivity contribution is 5.74. The van der Waals surface area contributed by atoms with Crippen molar-refractivity contribution in [2.24, 2.45) is 0 Å². The third-order valence-corrected chi connectivity index (χ3v) is 6.03. The molecule has 3 aromatic carbocycles. The molecule has 3 aromatic rings. The van der Waals surface area contributed by atoms with Gasteiger partial charge in [-0.1, -0.05) is 30.3 Å². The van der Waals surface area contributed by atoms with E-state index in [1.807, 2.05) is 0 Å². The van der Waals surface area contributed by atoms with Crippen LogP contribution in [0.3, 0.4) is 0 Å². The summed E-state index contributed by atoms with van der Waals surface area (Å²) in [4.78, 5) is 2.14. The van der Waals surface area contributed by atoms with E-state index in [2.05, 4.69) is 73.6 Å². The van der Waals surface area contributed by atoms with E-state index in [4.69, 9.17) is 9.47 Å². The zero-order chi connectivity index (χ0) is 18.7. The molecule has 0 aromatic heterocycles. The summed E-state index contributed by atoms with van der Waals surface area (Å²) in [6.45, 7) is 0. The van der Waals surface area contributed by atoms with Gasteiger partial charge >= 0.3 is 0 Å². The second kappa shape index (κ2) is 5.78. The molecule has 3 nitrogen and oxygen atoms in total. The van der Waals surface area contributed by atoms with Crippen molar-refractivity contribution < 1.29 is 9.47 Å². The van der Waals surface area contributed by atoms with Crippen LogP contribution in [0.4, 0.5) is 5.69 Å². The second-order valence-corrected chi connectivity index (χ2v) is 7.54. The maximum Gasteiger partial charge on any atom is 0.125 e. The summed E-state index contributed by atoms with van der Waals surface area (Å²) < 4.78 is 11.4. The topological polar surface area (TPSA) is 21.7 Å². The van der Waals surface area contributed by atoms with Crippen LogP contribution in [0.2, 0.25) is 0 Å². The monoisotopic (exact) mass is 357 g/mol.